The van der Waals surface area contributed by atoms with E-state index in [-0.39, 0.29) is 13.2 Å². The van der Waals surface area contributed by atoms with Gasteiger partial charge in [-0.25, -0.2) is 9.59 Å². The Morgan fingerprint density at radius 1 is 1.47 bits per heavy atom. The summed E-state index contributed by atoms with van der Waals surface area (Å²) in [6.45, 7) is 0.0258. The number of benzene rings is 1. The Balaban J connectivity index is 1.96. The van der Waals surface area contributed by atoms with Gasteiger partial charge in [0.2, 0.25) is 6.41 Å². The molecule has 2 amide bonds. The van der Waals surface area contributed by atoms with Crippen LogP contribution < -0.4 is 5.32 Å². The number of nitrogens with one attached hydrogen (secondary N) is 1. The number of aliphatic hydroxyl groups excluding tert-OH is 1. The van der Waals surface area contributed by atoms with Crippen molar-refractivity contribution in [3.63, 3.8) is 0 Å². The molecule has 2 rings (SSSR count). The molecule has 1 fully saturated rings. The summed E-state index contributed by atoms with van der Waals surface area (Å²) in [5.41, 5.74) is 0.813. The Kier molecular flexibility index (Phi) is 3.98. The zero-order valence-corrected chi connectivity index (χ0v) is 10.0. The quantitative estimate of drug-likeness (QED) is 0.649. The van der Waals surface area contributed by atoms with E-state index in [2.05, 4.69) is 5.32 Å². The summed E-state index contributed by atoms with van der Waals surface area (Å²) in [6.07, 6.45) is -1.59. The molecule has 2 atom stereocenters. The molecule has 3 N–H and O–H groups in total. The predicted molar refractivity (Wildman–Crippen MR) is 63.9 cm³/mol. The third-order valence-electron chi connectivity index (χ3n) is 2.78. The van der Waals surface area contributed by atoms with Crippen molar-refractivity contribution in [2.24, 2.45) is 0 Å². The van der Waals surface area contributed by atoms with Crippen LogP contribution in [-0.2, 0) is 16.1 Å². The first-order valence-electron chi connectivity index (χ1n) is 5.72. The maximum absolute atomic E-state index is 11.5. The van der Waals surface area contributed by atoms with Crippen molar-refractivity contribution in [2.75, 3.05) is 6.54 Å². The third kappa shape index (κ3) is 3.01. The molecule has 7 heteroatoms. The second-order valence-corrected chi connectivity index (χ2v) is 4.07. The maximum atomic E-state index is 11.5. The number of amides is 2. The van der Waals surface area contributed by atoms with Crippen LogP contribution >= 0.6 is 0 Å². The van der Waals surface area contributed by atoms with Crippen LogP contribution in [0.15, 0.2) is 30.3 Å². The van der Waals surface area contributed by atoms with Crippen molar-refractivity contribution < 1.29 is 24.5 Å². The molecule has 1 aliphatic rings. The van der Waals surface area contributed by atoms with Crippen LogP contribution in [0.5, 0.6) is 0 Å². The zero-order chi connectivity index (χ0) is 13.8. The number of aliphatic carboxylic acids is 1. The average molecular weight is 266 g/mol. The van der Waals surface area contributed by atoms with Gasteiger partial charge < -0.3 is 20.3 Å². The number of nitrogens with zero attached hydrogens (tertiary/aromatic N) is 1. The molecule has 0 spiro atoms. The van der Waals surface area contributed by atoms with E-state index in [9.17, 15) is 14.7 Å². The molecule has 0 saturated carbocycles. The molecule has 19 heavy (non-hydrogen) atoms. The van der Waals surface area contributed by atoms with Crippen LogP contribution in [0.25, 0.3) is 0 Å². The smallest absolute Gasteiger partial charge is 0.328 e. The number of ether oxygens (including phenoxy) is 1. The minimum atomic E-state index is -1.59. The van der Waals surface area contributed by atoms with Crippen LogP contribution in [0.2, 0.25) is 0 Å². The molecule has 1 heterocycles. The summed E-state index contributed by atoms with van der Waals surface area (Å²) >= 11 is 0. The van der Waals surface area contributed by atoms with Crippen LogP contribution in [0.4, 0.5) is 4.79 Å². The van der Waals surface area contributed by atoms with Gasteiger partial charge in [0.15, 0.2) is 6.04 Å². The molecule has 1 unspecified atom stereocenters. The lowest BCUT2D eigenvalue weighted by Gasteiger charge is -2.25. The highest BCUT2D eigenvalue weighted by Crippen LogP contribution is 2.13. The van der Waals surface area contributed by atoms with Crippen LogP contribution in [0.3, 0.4) is 0 Å². The standard InChI is InChI=1S/C12H14N2O5/c15-10(16)9-6-13-11(17)14(9)12(18)19-7-8-4-2-1-3-5-8/h1-5,9,12,18H,6-7H2,(H,13,17)(H,15,16)/t9-,12?/m0/s1. The average Bonchev–Trinajstić information content (AvgIpc) is 2.79. The number of carbonyl (C=O) groups excluding carboxylic acids is 1. The normalized spacial score (nSPS) is 20.2. The Hall–Kier alpha value is -2.12. The Morgan fingerprint density at radius 3 is 2.79 bits per heavy atom. The zero-order valence-electron chi connectivity index (χ0n) is 10.0. The van der Waals surface area contributed by atoms with Crippen molar-refractivity contribution in [1.29, 1.82) is 0 Å². The molecular formula is C12H14N2O5. The van der Waals surface area contributed by atoms with Crippen molar-refractivity contribution in [3.05, 3.63) is 35.9 Å². The van der Waals surface area contributed by atoms with E-state index in [1.807, 2.05) is 18.2 Å². The molecular weight excluding hydrogens is 252 g/mol. The van der Waals surface area contributed by atoms with Crippen molar-refractivity contribution in [2.45, 2.75) is 19.1 Å². The van der Waals surface area contributed by atoms with Gasteiger partial charge in [0.05, 0.1) is 13.2 Å². The van der Waals surface area contributed by atoms with Crippen molar-refractivity contribution >= 4 is 12.0 Å². The van der Waals surface area contributed by atoms with Gasteiger partial charge in [-0.3, -0.25) is 4.90 Å². The highest BCUT2D eigenvalue weighted by Gasteiger charge is 2.40. The van der Waals surface area contributed by atoms with Gasteiger partial charge in [-0.2, -0.15) is 0 Å². The molecule has 1 aromatic rings. The number of carboxylic acid groups (broad SMARTS) is 1. The van der Waals surface area contributed by atoms with Crippen LogP contribution in [0.1, 0.15) is 5.56 Å². The van der Waals surface area contributed by atoms with E-state index in [4.69, 9.17) is 9.84 Å². The molecule has 7 nitrogen and oxygen atoms in total. The number of hydrogen-bond donors (Lipinski definition) is 3. The van der Waals surface area contributed by atoms with Crippen LogP contribution in [0, 0.1) is 0 Å². The van der Waals surface area contributed by atoms with Gasteiger partial charge in [0, 0.05) is 0 Å². The van der Waals surface area contributed by atoms with Gasteiger partial charge in [-0.05, 0) is 5.56 Å². The molecule has 1 aliphatic heterocycles. The second-order valence-electron chi connectivity index (χ2n) is 4.07. The van der Waals surface area contributed by atoms with E-state index < -0.39 is 24.5 Å². The van der Waals surface area contributed by atoms with Gasteiger partial charge in [-0.15, -0.1) is 0 Å². The first kappa shape index (κ1) is 13.3. The molecule has 0 aliphatic carbocycles. The first-order valence-corrected chi connectivity index (χ1v) is 5.72. The highest BCUT2D eigenvalue weighted by molar-refractivity contribution is 5.86. The fraction of sp³-hybridized carbons (Fsp3) is 0.333. The lowest BCUT2D eigenvalue weighted by Crippen LogP contribution is -2.47. The molecule has 0 radical (unpaired) electrons. The summed E-state index contributed by atoms with van der Waals surface area (Å²) in [5, 5.41) is 21.1. The summed E-state index contributed by atoms with van der Waals surface area (Å²) in [7, 11) is 0. The van der Waals surface area contributed by atoms with E-state index in [0.29, 0.717) is 0 Å². The van der Waals surface area contributed by atoms with E-state index in [0.717, 1.165) is 10.5 Å². The predicted octanol–water partition coefficient (Wildman–Crippen LogP) is -0.0425. The summed E-state index contributed by atoms with van der Waals surface area (Å²) in [5.74, 6) is -1.19. The Bertz CT molecular complexity index is 464. The van der Waals surface area contributed by atoms with Gasteiger partial charge in [0.1, 0.15) is 0 Å². The van der Waals surface area contributed by atoms with Crippen molar-refractivity contribution in [3.8, 4) is 0 Å². The fourth-order valence-corrected chi connectivity index (χ4v) is 1.80. The van der Waals surface area contributed by atoms with Gasteiger partial charge in [-0.1, -0.05) is 30.3 Å². The fourth-order valence-electron chi connectivity index (χ4n) is 1.80. The molecule has 0 aromatic heterocycles. The Labute approximate surface area is 109 Å². The minimum Gasteiger partial charge on any atom is -0.480 e. The second kappa shape index (κ2) is 5.68. The summed E-state index contributed by atoms with van der Waals surface area (Å²) in [4.78, 5) is 23.2. The number of urea groups is 1. The number of hydrogen-bond acceptors (Lipinski definition) is 4. The SMILES string of the molecule is O=C(O)[C@@H]1CNC(=O)N1C(O)OCc1ccccc1. The molecule has 1 saturated heterocycles. The van der Waals surface area contributed by atoms with Crippen molar-refractivity contribution in [1.82, 2.24) is 10.2 Å². The van der Waals surface area contributed by atoms with Crippen LogP contribution in [-0.4, -0.2) is 46.1 Å². The topological polar surface area (TPSA) is 99.1 Å². The minimum absolute atomic E-state index is 0.0556. The van der Waals surface area contributed by atoms with E-state index in [1.54, 1.807) is 12.1 Å². The van der Waals surface area contributed by atoms with Gasteiger partial charge in [0.25, 0.3) is 0 Å². The number of aliphatic hydroxyl groups is 1. The monoisotopic (exact) mass is 266 g/mol. The number of rotatable bonds is 5. The largest absolute Gasteiger partial charge is 0.480 e. The summed E-state index contributed by atoms with van der Waals surface area (Å²) < 4.78 is 5.12. The molecule has 102 valence electrons. The third-order valence-corrected chi connectivity index (χ3v) is 2.78. The lowest BCUT2D eigenvalue weighted by atomic mass is 10.2. The van der Waals surface area contributed by atoms with Gasteiger partial charge >= 0.3 is 12.0 Å². The summed E-state index contributed by atoms with van der Waals surface area (Å²) in [6, 6.07) is 7.28. The van der Waals surface area contributed by atoms with E-state index in [1.165, 1.54) is 0 Å². The first-order chi connectivity index (χ1) is 9.09. The highest BCUT2D eigenvalue weighted by atomic mass is 16.6. The number of carbonyl (C=O) groups is 2. The number of carboxylic acids is 1. The van der Waals surface area contributed by atoms with E-state index >= 15 is 0 Å². The molecule has 1 aromatic carbocycles. The molecule has 0 bridgehead atoms. The maximum Gasteiger partial charge on any atom is 0.328 e. The lowest BCUT2D eigenvalue weighted by molar-refractivity contribution is -0.192. The Morgan fingerprint density at radius 2 is 2.16 bits per heavy atom.